The van der Waals surface area contributed by atoms with Crippen LogP contribution in [0.4, 0.5) is 0 Å². The van der Waals surface area contributed by atoms with Crippen LogP contribution in [0, 0.1) is 0 Å². The van der Waals surface area contributed by atoms with Crippen molar-refractivity contribution < 1.29 is 50.0 Å². The average Bonchev–Trinajstić information content (AvgIpc) is 3.69. The minimum absolute atomic E-state index is 0.243. The number of nitrogens with one attached hydrogen (secondary N) is 1. The SMILES string of the molecule is CCCCCCCCCCCCCCCC/C=C/CC/C=C/CC/C=C/CCCC(O)C(O)C(COC1OC(CO)C(O)C(O)C1O)NC(=O)C(O)CCCCCCCCCCCCCCCCCCCCCCCCCCCCCCC. The summed E-state index contributed by atoms with van der Waals surface area (Å²) in [5, 5.41) is 76.5. The third-order valence-electron chi connectivity index (χ3n) is 17.4. The van der Waals surface area contributed by atoms with Crippen molar-refractivity contribution in [1.29, 1.82) is 0 Å². The average molecular weight is 1180 g/mol. The van der Waals surface area contributed by atoms with Gasteiger partial charge in [0.05, 0.1) is 25.4 Å². The maximum absolute atomic E-state index is 13.3. The van der Waals surface area contributed by atoms with E-state index >= 15 is 0 Å². The molecule has 1 fully saturated rings. The Labute approximate surface area is 511 Å². The number of unbranched alkanes of at least 4 members (excludes halogenated alkanes) is 45. The number of aliphatic hydroxyl groups is 7. The Bertz CT molecular complexity index is 1440. The van der Waals surface area contributed by atoms with E-state index in [0.29, 0.717) is 19.3 Å². The van der Waals surface area contributed by atoms with Crippen molar-refractivity contribution >= 4 is 5.91 Å². The first kappa shape index (κ1) is 79.3. The second kappa shape index (κ2) is 60.6. The molecule has 9 unspecified atom stereocenters. The number of ether oxygens (including phenoxy) is 2. The highest BCUT2D eigenvalue weighted by Crippen LogP contribution is 2.24. The van der Waals surface area contributed by atoms with Crippen LogP contribution in [0.5, 0.6) is 0 Å². The number of hydrogen-bond acceptors (Lipinski definition) is 10. The van der Waals surface area contributed by atoms with Gasteiger partial charge in [0.1, 0.15) is 36.6 Å². The van der Waals surface area contributed by atoms with Crippen molar-refractivity contribution in [2.75, 3.05) is 13.2 Å². The molecule has 0 bridgehead atoms. The molecule has 0 spiro atoms. The summed E-state index contributed by atoms with van der Waals surface area (Å²) in [5.41, 5.74) is 0. The molecule has 0 aromatic carbocycles. The molecule has 1 saturated heterocycles. The molecule has 490 valence electrons. The van der Waals surface area contributed by atoms with Gasteiger partial charge in [-0.1, -0.05) is 320 Å². The molecule has 8 N–H and O–H groups in total. The third kappa shape index (κ3) is 48.0. The maximum atomic E-state index is 13.3. The highest BCUT2D eigenvalue weighted by Gasteiger charge is 2.44. The largest absolute Gasteiger partial charge is 0.394 e. The van der Waals surface area contributed by atoms with E-state index < -0.39 is 74.2 Å². The Morgan fingerprint density at radius 2 is 0.723 bits per heavy atom. The van der Waals surface area contributed by atoms with Gasteiger partial charge in [-0.3, -0.25) is 4.79 Å². The first-order valence-electron chi connectivity index (χ1n) is 35.9. The maximum Gasteiger partial charge on any atom is 0.249 e. The van der Waals surface area contributed by atoms with Gasteiger partial charge in [-0.2, -0.15) is 0 Å². The zero-order valence-corrected chi connectivity index (χ0v) is 54.2. The van der Waals surface area contributed by atoms with Gasteiger partial charge in [0.2, 0.25) is 5.91 Å². The molecule has 0 radical (unpaired) electrons. The van der Waals surface area contributed by atoms with Crippen LogP contribution in [0.2, 0.25) is 0 Å². The smallest absolute Gasteiger partial charge is 0.249 e. The normalized spacial score (nSPS) is 19.2. The molecule has 0 aliphatic carbocycles. The van der Waals surface area contributed by atoms with Gasteiger partial charge in [0.25, 0.3) is 0 Å². The minimum Gasteiger partial charge on any atom is -0.394 e. The quantitative estimate of drug-likeness (QED) is 0.0215. The van der Waals surface area contributed by atoms with E-state index in [4.69, 9.17) is 9.47 Å². The monoisotopic (exact) mass is 1180 g/mol. The lowest BCUT2D eigenvalue weighted by atomic mass is 9.98. The Morgan fingerprint density at radius 1 is 0.410 bits per heavy atom. The van der Waals surface area contributed by atoms with E-state index in [-0.39, 0.29) is 12.8 Å². The summed E-state index contributed by atoms with van der Waals surface area (Å²) >= 11 is 0. The Morgan fingerprint density at radius 3 is 1.07 bits per heavy atom. The number of allylic oxidation sites excluding steroid dienone is 6. The van der Waals surface area contributed by atoms with Crippen molar-refractivity contribution in [1.82, 2.24) is 5.32 Å². The standard InChI is InChI=1S/C72H137NO10/c1-3-5-7-9-11-13-15-17-19-21-23-25-27-29-31-32-34-36-38-40-42-44-46-48-50-52-54-56-58-60-65(76)71(81)73-63(62-82-72-70(80)69(79)68(78)66(61-74)83-72)67(77)64(75)59-57-55-53-51-49-47-45-43-41-39-37-35-33-30-28-26-24-22-20-18-16-14-12-10-8-6-4-2/h35,37,43,45,51,53,63-70,72,74-80H,3-34,36,38-42,44,46-50,52,54-62H2,1-2H3,(H,73,81)/b37-35+,45-43+,53-51+. The zero-order valence-electron chi connectivity index (χ0n) is 54.2. The molecule has 1 aliphatic rings. The fourth-order valence-electron chi connectivity index (χ4n) is 11.7. The summed E-state index contributed by atoms with van der Waals surface area (Å²) in [4.78, 5) is 13.3. The number of rotatable bonds is 63. The fourth-order valence-corrected chi connectivity index (χ4v) is 11.7. The van der Waals surface area contributed by atoms with E-state index in [9.17, 15) is 40.5 Å². The topological polar surface area (TPSA) is 189 Å². The predicted molar refractivity (Wildman–Crippen MR) is 349 cm³/mol. The lowest BCUT2D eigenvalue weighted by Crippen LogP contribution is -2.60. The summed E-state index contributed by atoms with van der Waals surface area (Å²) in [6.45, 7) is 3.49. The number of hydrogen-bond donors (Lipinski definition) is 8. The van der Waals surface area contributed by atoms with Gasteiger partial charge < -0.3 is 50.5 Å². The summed E-state index contributed by atoms with van der Waals surface area (Å²) in [7, 11) is 0. The zero-order chi connectivity index (χ0) is 60.3. The molecular formula is C72H137NO10. The van der Waals surface area contributed by atoms with Crippen molar-refractivity contribution in [3.63, 3.8) is 0 Å². The van der Waals surface area contributed by atoms with E-state index in [1.165, 1.54) is 257 Å². The summed E-state index contributed by atoms with van der Waals surface area (Å²) in [6.07, 6.45) is 66.7. The molecule has 83 heavy (non-hydrogen) atoms. The molecule has 0 saturated carbocycles. The Hall–Kier alpha value is -1.67. The van der Waals surface area contributed by atoms with Crippen molar-refractivity contribution in [2.24, 2.45) is 0 Å². The van der Waals surface area contributed by atoms with Gasteiger partial charge in [0.15, 0.2) is 6.29 Å². The summed E-state index contributed by atoms with van der Waals surface area (Å²) in [5.74, 6) is -0.706. The van der Waals surface area contributed by atoms with E-state index in [2.05, 4.69) is 55.6 Å². The molecule has 0 aromatic heterocycles. The molecular weight excluding hydrogens is 1040 g/mol. The van der Waals surface area contributed by atoms with Gasteiger partial charge in [0, 0.05) is 0 Å². The summed E-state index contributed by atoms with van der Waals surface area (Å²) < 4.78 is 11.2. The van der Waals surface area contributed by atoms with Crippen LogP contribution in [0.15, 0.2) is 36.5 Å². The summed E-state index contributed by atoms with van der Waals surface area (Å²) in [6, 6.07) is -1.19. The first-order valence-corrected chi connectivity index (χ1v) is 35.9. The van der Waals surface area contributed by atoms with Crippen LogP contribution in [0.25, 0.3) is 0 Å². The van der Waals surface area contributed by atoms with E-state index in [0.717, 1.165) is 44.9 Å². The van der Waals surface area contributed by atoms with Gasteiger partial charge in [-0.15, -0.1) is 0 Å². The number of aliphatic hydroxyl groups excluding tert-OH is 7. The molecule has 1 aliphatic heterocycles. The Balaban J connectivity index is 2.22. The van der Waals surface area contributed by atoms with E-state index in [1.54, 1.807) is 0 Å². The lowest BCUT2D eigenvalue weighted by molar-refractivity contribution is -0.303. The van der Waals surface area contributed by atoms with Crippen molar-refractivity contribution in [3.8, 4) is 0 Å². The van der Waals surface area contributed by atoms with E-state index in [1.807, 2.05) is 0 Å². The second-order valence-electron chi connectivity index (χ2n) is 25.3. The highest BCUT2D eigenvalue weighted by molar-refractivity contribution is 5.80. The molecule has 11 nitrogen and oxygen atoms in total. The van der Waals surface area contributed by atoms with Crippen molar-refractivity contribution in [2.45, 2.75) is 403 Å². The van der Waals surface area contributed by atoms with Crippen LogP contribution in [-0.4, -0.2) is 110 Å². The minimum atomic E-state index is -1.67. The Kier molecular flexibility index (Phi) is 57.9. The van der Waals surface area contributed by atoms with Crippen LogP contribution in [0.3, 0.4) is 0 Å². The number of carbonyl (C=O) groups excluding carboxylic acids is 1. The van der Waals surface area contributed by atoms with Gasteiger partial charge in [-0.05, 0) is 64.2 Å². The van der Waals surface area contributed by atoms with Crippen LogP contribution in [-0.2, 0) is 14.3 Å². The first-order chi connectivity index (χ1) is 40.7. The molecule has 0 aromatic rings. The second-order valence-corrected chi connectivity index (χ2v) is 25.3. The van der Waals surface area contributed by atoms with Crippen LogP contribution >= 0.6 is 0 Å². The lowest BCUT2D eigenvalue weighted by Gasteiger charge is -2.40. The number of carbonyl (C=O) groups is 1. The third-order valence-corrected chi connectivity index (χ3v) is 17.4. The van der Waals surface area contributed by atoms with Crippen LogP contribution in [0.1, 0.15) is 348 Å². The molecule has 1 amide bonds. The molecule has 1 heterocycles. The fraction of sp³-hybridized carbons (Fsp3) is 0.903. The van der Waals surface area contributed by atoms with Gasteiger partial charge >= 0.3 is 0 Å². The predicted octanol–water partition coefficient (Wildman–Crippen LogP) is 17.4. The molecule has 11 heteroatoms. The molecule has 9 atom stereocenters. The van der Waals surface area contributed by atoms with Crippen molar-refractivity contribution in [3.05, 3.63) is 36.5 Å². The number of amides is 1. The van der Waals surface area contributed by atoms with Crippen LogP contribution < -0.4 is 5.32 Å². The van der Waals surface area contributed by atoms with Gasteiger partial charge in [-0.25, -0.2) is 0 Å². The molecule has 1 rings (SSSR count). The highest BCUT2D eigenvalue weighted by atomic mass is 16.7.